The number of amides is 2. The van der Waals surface area contributed by atoms with E-state index in [1.165, 1.54) is 0 Å². The van der Waals surface area contributed by atoms with Crippen LogP contribution in [0.2, 0.25) is 0 Å². The average molecular weight is 372 g/mol. The molecule has 2 aromatic carbocycles. The van der Waals surface area contributed by atoms with E-state index in [2.05, 4.69) is 24.5 Å². The summed E-state index contributed by atoms with van der Waals surface area (Å²) in [5, 5.41) is 5.69. The zero-order valence-corrected chi connectivity index (χ0v) is 16.4. The maximum Gasteiger partial charge on any atom is 0.315 e. The second-order valence-electron chi connectivity index (χ2n) is 6.58. The molecule has 6 nitrogen and oxygen atoms in total. The molecule has 2 N–H and O–H groups in total. The van der Waals surface area contributed by atoms with E-state index < -0.39 is 0 Å². The van der Waals surface area contributed by atoms with Crippen LogP contribution >= 0.6 is 0 Å². The Kier molecular flexibility index (Phi) is 7.79. The fourth-order valence-electron chi connectivity index (χ4n) is 2.43. The Hall–Kier alpha value is -2.89. The highest BCUT2D eigenvalue weighted by atomic mass is 16.5. The minimum Gasteiger partial charge on any atom is -0.493 e. The van der Waals surface area contributed by atoms with Gasteiger partial charge in [-0.25, -0.2) is 4.79 Å². The first-order valence-electron chi connectivity index (χ1n) is 8.96. The van der Waals surface area contributed by atoms with Crippen molar-refractivity contribution in [2.24, 2.45) is 5.92 Å². The molecule has 0 atom stereocenters. The monoisotopic (exact) mass is 372 g/mol. The first-order valence-corrected chi connectivity index (χ1v) is 8.96. The molecule has 0 fully saturated rings. The summed E-state index contributed by atoms with van der Waals surface area (Å²) in [4.78, 5) is 12.1. The number of carbonyl (C=O) groups is 1. The average Bonchev–Trinajstić information content (AvgIpc) is 2.69. The fourth-order valence-corrected chi connectivity index (χ4v) is 2.43. The number of urea groups is 1. The summed E-state index contributed by atoms with van der Waals surface area (Å²) in [5.74, 6) is 2.57. The largest absolute Gasteiger partial charge is 0.493 e. The van der Waals surface area contributed by atoms with Crippen molar-refractivity contribution in [3.05, 3.63) is 53.6 Å². The van der Waals surface area contributed by atoms with Crippen molar-refractivity contribution in [1.29, 1.82) is 0 Å². The molecule has 0 saturated carbocycles. The van der Waals surface area contributed by atoms with Gasteiger partial charge in [-0.3, -0.25) is 0 Å². The molecule has 0 saturated heterocycles. The maximum atomic E-state index is 12.1. The second-order valence-corrected chi connectivity index (χ2v) is 6.58. The van der Waals surface area contributed by atoms with E-state index in [0.717, 1.165) is 16.9 Å². The number of rotatable bonds is 9. The predicted octanol–water partition coefficient (Wildman–Crippen LogP) is 3.74. The number of methoxy groups -OCH3 is 2. The van der Waals surface area contributed by atoms with Gasteiger partial charge in [-0.1, -0.05) is 32.0 Å². The van der Waals surface area contributed by atoms with Crippen molar-refractivity contribution in [2.45, 2.75) is 26.9 Å². The number of nitrogens with one attached hydrogen (secondary N) is 2. The summed E-state index contributed by atoms with van der Waals surface area (Å²) in [6, 6.07) is 13.0. The topological polar surface area (TPSA) is 68.8 Å². The van der Waals surface area contributed by atoms with Gasteiger partial charge in [-0.05, 0) is 41.3 Å². The van der Waals surface area contributed by atoms with Crippen LogP contribution in [0.15, 0.2) is 42.5 Å². The molecular formula is C21H28N2O4. The van der Waals surface area contributed by atoms with Gasteiger partial charge in [0.05, 0.1) is 20.8 Å². The third-order valence-corrected chi connectivity index (χ3v) is 3.84. The van der Waals surface area contributed by atoms with Gasteiger partial charge in [0.2, 0.25) is 0 Å². The maximum absolute atomic E-state index is 12.1. The highest BCUT2D eigenvalue weighted by molar-refractivity contribution is 5.73. The summed E-state index contributed by atoms with van der Waals surface area (Å²) >= 11 is 0. The van der Waals surface area contributed by atoms with Crippen molar-refractivity contribution in [3.8, 4) is 17.2 Å². The van der Waals surface area contributed by atoms with Gasteiger partial charge in [0.15, 0.2) is 11.5 Å². The van der Waals surface area contributed by atoms with E-state index in [1.807, 2.05) is 42.5 Å². The first kappa shape index (κ1) is 20.4. The standard InChI is InChI=1S/C21H28N2O4/c1-15(2)14-27-18-7-5-6-16(10-18)12-22-21(24)23-13-17-8-9-19(25-3)20(11-17)26-4/h5-11,15H,12-14H2,1-4H3,(H2,22,23,24). The summed E-state index contributed by atoms with van der Waals surface area (Å²) in [6.45, 7) is 5.70. The normalized spacial score (nSPS) is 10.4. The van der Waals surface area contributed by atoms with Gasteiger partial charge < -0.3 is 24.8 Å². The molecule has 0 aliphatic carbocycles. The smallest absolute Gasteiger partial charge is 0.315 e. The fraction of sp³-hybridized carbons (Fsp3) is 0.381. The quantitative estimate of drug-likeness (QED) is 0.704. The van der Waals surface area contributed by atoms with Crippen LogP contribution in [0.5, 0.6) is 17.2 Å². The van der Waals surface area contributed by atoms with Gasteiger partial charge in [0.25, 0.3) is 0 Å². The zero-order chi connectivity index (χ0) is 19.6. The highest BCUT2D eigenvalue weighted by Crippen LogP contribution is 2.27. The Morgan fingerprint density at radius 2 is 1.59 bits per heavy atom. The van der Waals surface area contributed by atoms with Crippen LogP contribution in [0.3, 0.4) is 0 Å². The van der Waals surface area contributed by atoms with Gasteiger partial charge in [0.1, 0.15) is 5.75 Å². The van der Waals surface area contributed by atoms with Crippen LogP contribution in [-0.2, 0) is 13.1 Å². The van der Waals surface area contributed by atoms with Crippen molar-refractivity contribution >= 4 is 6.03 Å². The number of hydrogen-bond acceptors (Lipinski definition) is 4. The molecule has 0 bridgehead atoms. The molecule has 27 heavy (non-hydrogen) atoms. The van der Waals surface area contributed by atoms with Gasteiger partial charge in [0, 0.05) is 13.1 Å². The first-order chi connectivity index (χ1) is 13.0. The number of carbonyl (C=O) groups excluding carboxylic acids is 1. The van der Waals surface area contributed by atoms with E-state index in [-0.39, 0.29) is 6.03 Å². The van der Waals surface area contributed by atoms with Crippen molar-refractivity contribution < 1.29 is 19.0 Å². The van der Waals surface area contributed by atoms with Crippen molar-refractivity contribution in [3.63, 3.8) is 0 Å². The Labute approximate surface area is 160 Å². The number of hydrogen-bond donors (Lipinski definition) is 2. The van der Waals surface area contributed by atoms with Crippen LogP contribution in [0, 0.1) is 5.92 Å². The molecule has 2 aromatic rings. The zero-order valence-electron chi connectivity index (χ0n) is 16.4. The number of ether oxygens (including phenoxy) is 3. The third kappa shape index (κ3) is 6.73. The Morgan fingerprint density at radius 1 is 0.926 bits per heavy atom. The molecule has 6 heteroatoms. The van der Waals surface area contributed by atoms with E-state index in [9.17, 15) is 4.79 Å². The Bertz CT molecular complexity index is 747. The summed E-state index contributed by atoms with van der Waals surface area (Å²) < 4.78 is 16.2. The Balaban J connectivity index is 1.82. The summed E-state index contributed by atoms with van der Waals surface area (Å²) in [7, 11) is 3.17. The SMILES string of the molecule is COc1ccc(CNC(=O)NCc2cccc(OCC(C)C)c2)cc1OC. The van der Waals surface area contributed by atoms with Crippen molar-refractivity contribution in [1.82, 2.24) is 10.6 Å². The number of benzene rings is 2. The Morgan fingerprint density at radius 3 is 2.22 bits per heavy atom. The van der Waals surface area contributed by atoms with Crippen LogP contribution in [0.25, 0.3) is 0 Å². The lowest BCUT2D eigenvalue weighted by atomic mass is 10.2. The molecule has 0 aliphatic heterocycles. The lowest BCUT2D eigenvalue weighted by Gasteiger charge is -2.12. The molecule has 0 aromatic heterocycles. The summed E-state index contributed by atoms with van der Waals surface area (Å²) in [5.41, 5.74) is 1.91. The van der Waals surface area contributed by atoms with Crippen molar-refractivity contribution in [2.75, 3.05) is 20.8 Å². The van der Waals surface area contributed by atoms with Crippen LogP contribution in [0.4, 0.5) is 4.79 Å². The molecule has 0 radical (unpaired) electrons. The van der Waals surface area contributed by atoms with Gasteiger partial charge >= 0.3 is 6.03 Å². The van der Waals surface area contributed by atoms with Crippen LogP contribution in [-0.4, -0.2) is 26.9 Å². The van der Waals surface area contributed by atoms with E-state index >= 15 is 0 Å². The predicted molar refractivity (Wildman–Crippen MR) is 105 cm³/mol. The molecule has 0 aliphatic rings. The molecule has 146 valence electrons. The molecule has 0 unspecified atom stereocenters. The minimum atomic E-state index is -0.238. The van der Waals surface area contributed by atoms with E-state index in [1.54, 1.807) is 14.2 Å². The van der Waals surface area contributed by atoms with Gasteiger partial charge in [-0.15, -0.1) is 0 Å². The lowest BCUT2D eigenvalue weighted by Crippen LogP contribution is -2.34. The highest BCUT2D eigenvalue weighted by Gasteiger charge is 2.06. The molecule has 0 spiro atoms. The van der Waals surface area contributed by atoms with Crippen LogP contribution in [0.1, 0.15) is 25.0 Å². The molecular weight excluding hydrogens is 344 g/mol. The molecule has 2 amide bonds. The van der Waals surface area contributed by atoms with E-state index in [0.29, 0.717) is 37.1 Å². The summed E-state index contributed by atoms with van der Waals surface area (Å²) in [6.07, 6.45) is 0. The molecule has 2 rings (SSSR count). The van der Waals surface area contributed by atoms with E-state index in [4.69, 9.17) is 14.2 Å². The third-order valence-electron chi connectivity index (χ3n) is 3.84. The second kappa shape index (κ2) is 10.3. The lowest BCUT2D eigenvalue weighted by molar-refractivity contribution is 0.240. The molecule has 0 heterocycles. The minimum absolute atomic E-state index is 0.238. The van der Waals surface area contributed by atoms with Gasteiger partial charge in [-0.2, -0.15) is 0 Å². The van der Waals surface area contributed by atoms with Crippen LogP contribution < -0.4 is 24.8 Å².